The highest BCUT2D eigenvalue weighted by Gasteiger charge is 2.37. The van der Waals surface area contributed by atoms with E-state index in [1.54, 1.807) is 12.1 Å². The highest BCUT2D eigenvalue weighted by atomic mass is 35.5. The molecular formula is C26H32ClN3O2. The number of piperazine rings is 1. The summed E-state index contributed by atoms with van der Waals surface area (Å²) in [5.74, 6) is 0.557. The first kappa shape index (κ1) is 22.8. The van der Waals surface area contributed by atoms with E-state index >= 15 is 0 Å². The van der Waals surface area contributed by atoms with Crippen molar-refractivity contribution in [3.05, 3.63) is 70.7 Å². The predicted molar refractivity (Wildman–Crippen MR) is 128 cm³/mol. The first-order chi connectivity index (χ1) is 15.6. The molecule has 32 heavy (non-hydrogen) atoms. The van der Waals surface area contributed by atoms with Gasteiger partial charge in [0.2, 0.25) is 5.91 Å². The fourth-order valence-corrected chi connectivity index (χ4v) is 5.23. The summed E-state index contributed by atoms with van der Waals surface area (Å²) in [4.78, 5) is 30.3. The van der Waals surface area contributed by atoms with Crippen LogP contribution < -0.4 is 5.32 Å². The molecule has 2 amide bonds. The molecule has 1 aliphatic carbocycles. The van der Waals surface area contributed by atoms with Gasteiger partial charge in [-0.15, -0.1) is 0 Å². The molecule has 2 aromatic carbocycles. The Balaban J connectivity index is 1.35. The highest BCUT2D eigenvalue weighted by Crippen LogP contribution is 2.31. The average Bonchev–Trinajstić information content (AvgIpc) is 3.34. The van der Waals surface area contributed by atoms with Crippen molar-refractivity contribution in [1.82, 2.24) is 15.1 Å². The Morgan fingerprint density at radius 3 is 2.38 bits per heavy atom. The lowest BCUT2D eigenvalue weighted by Gasteiger charge is -2.40. The van der Waals surface area contributed by atoms with Crippen LogP contribution in [0.1, 0.15) is 41.6 Å². The molecule has 1 N–H and O–H groups in total. The summed E-state index contributed by atoms with van der Waals surface area (Å²) < 4.78 is 0. The second-order valence-corrected chi connectivity index (χ2v) is 9.29. The van der Waals surface area contributed by atoms with Gasteiger partial charge in [0, 0.05) is 43.3 Å². The molecule has 4 rings (SSSR count). The Morgan fingerprint density at radius 1 is 0.969 bits per heavy atom. The van der Waals surface area contributed by atoms with Crippen molar-refractivity contribution in [3.8, 4) is 0 Å². The van der Waals surface area contributed by atoms with Gasteiger partial charge in [0.05, 0.1) is 6.04 Å². The number of carbonyl (C=O) groups is 2. The molecular weight excluding hydrogens is 422 g/mol. The van der Waals surface area contributed by atoms with Crippen LogP contribution in [-0.2, 0) is 11.2 Å². The molecule has 6 heteroatoms. The van der Waals surface area contributed by atoms with Crippen LogP contribution in [0.5, 0.6) is 0 Å². The maximum atomic E-state index is 13.2. The van der Waals surface area contributed by atoms with Gasteiger partial charge in [0.25, 0.3) is 5.91 Å². The Labute approximate surface area is 195 Å². The summed E-state index contributed by atoms with van der Waals surface area (Å²) in [6.07, 6.45) is 5.46. The third-order valence-corrected chi connectivity index (χ3v) is 6.97. The first-order valence-electron chi connectivity index (χ1n) is 11.7. The van der Waals surface area contributed by atoms with Crippen molar-refractivity contribution >= 4 is 23.4 Å². The average molecular weight is 454 g/mol. The molecule has 0 radical (unpaired) electrons. The molecule has 0 aromatic heterocycles. The van der Waals surface area contributed by atoms with Crippen molar-refractivity contribution in [2.75, 3.05) is 32.7 Å². The van der Waals surface area contributed by atoms with Crippen molar-refractivity contribution in [1.29, 1.82) is 0 Å². The third kappa shape index (κ3) is 5.70. The monoisotopic (exact) mass is 453 g/mol. The van der Waals surface area contributed by atoms with Crippen LogP contribution in [0.3, 0.4) is 0 Å². The molecule has 1 aliphatic heterocycles. The molecule has 1 atom stereocenters. The summed E-state index contributed by atoms with van der Waals surface area (Å²) >= 11 is 6.06. The molecule has 0 unspecified atom stereocenters. The van der Waals surface area contributed by atoms with E-state index in [-0.39, 0.29) is 17.9 Å². The van der Waals surface area contributed by atoms with Crippen molar-refractivity contribution in [2.24, 2.45) is 5.92 Å². The molecule has 170 valence electrons. The number of hydrogen-bond donors (Lipinski definition) is 1. The van der Waals surface area contributed by atoms with Crippen molar-refractivity contribution in [3.63, 3.8) is 0 Å². The second-order valence-electron chi connectivity index (χ2n) is 8.85. The minimum Gasteiger partial charge on any atom is -0.354 e. The standard InChI is InChI=1S/C26H32ClN3O2/c27-23-12-6-11-22(19-23)26(32)30-17-15-29(16-18-30)24(21-9-4-5-10-21)25(31)28-14-13-20-7-2-1-3-8-20/h1-3,6-8,11-12,19,21,24H,4-5,9-10,13-18H2,(H,28,31)/t24-/m0/s1. The maximum absolute atomic E-state index is 13.2. The molecule has 0 bridgehead atoms. The number of amides is 2. The normalized spacial score (nSPS) is 18.5. The van der Waals surface area contributed by atoms with E-state index in [1.165, 1.54) is 18.4 Å². The zero-order valence-corrected chi connectivity index (χ0v) is 19.3. The molecule has 0 spiro atoms. The number of benzene rings is 2. The lowest BCUT2D eigenvalue weighted by atomic mass is 9.94. The van der Waals surface area contributed by atoms with Gasteiger partial charge in [-0.05, 0) is 48.9 Å². The van der Waals surface area contributed by atoms with Crippen molar-refractivity contribution < 1.29 is 9.59 Å². The van der Waals surface area contributed by atoms with Crippen LogP contribution in [0, 0.1) is 5.92 Å². The molecule has 2 fully saturated rings. The lowest BCUT2D eigenvalue weighted by molar-refractivity contribution is -0.129. The lowest BCUT2D eigenvalue weighted by Crippen LogP contribution is -2.58. The van der Waals surface area contributed by atoms with Crippen LogP contribution in [0.4, 0.5) is 0 Å². The SMILES string of the molecule is O=C(NCCc1ccccc1)[C@H](C1CCCC1)N1CCN(C(=O)c2cccc(Cl)c2)CC1. The topological polar surface area (TPSA) is 52.7 Å². The second kappa shape index (κ2) is 11.0. The summed E-state index contributed by atoms with van der Waals surface area (Å²) in [6, 6.07) is 17.3. The van der Waals surface area contributed by atoms with E-state index in [9.17, 15) is 9.59 Å². The predicted octanol–water partition coefficient (Wildman–Crippen LogP) is 4.02. The van der Waals surface area contributed by atoms with Gasteiger partial charge in [-0.3, -0.25) is 14.5 Å². The molecule has 1 saturated carbocycles. The molecule has 2 aromatic rings. The molecule has 1 saturated heterocycles. The van der Waals surface area contributed by atoms with Gasteiger partial charge in [-0.25, -0.2) is 0 Å². The minimum atomic E-state index is -0.100. The number of nitrogens with one attached hydrogen (secondary N) is 1. The number of halogens is 1. The minimum absolute atomic E-state index is 0.0110. The van der Waals surface area contributed by atoms with E-state index in [2.05, 4.69) is 22.3 Å². The zero-order chi connectivity index (χ0) is 22.3. The molecule has 1 heterocycles. The van der Waals surface area contributed by atoms with E-state index in [4.69, 9.17) is 11.6 Å². The number of rotatable bonds is 7. The number of hydrogen-bond acceptors (Lipinski definition) is 3. The fourth-order valence-electron chi connectivity index (χ4n) is 5.04. The summed E-state index contributed by atoms with van der Waals surface area (Å²) in [6.45, 7) is 3.36. The largest absolute Gasteiger partial charge is 0.354 e. The number of nitrogens with zero attached hydrogens (tertiary/aromatic N) is 2. The van der Waals surface area contributed by atoms with E-state index in [0.29, 0.717) is 36.1 Å². The fraction of sp³-hybridized carbons (Fsp3) is 0.462. The summed E-state index contributed by atoms with van der Waals surface area (Å²) in [5, 5.41) is 3.77. The highest BCUT2D eigenvalue weighted by molar-refractivity contribution is 6.30. The van der Waals surface area contributed by atoms with E-state index in [0.717, 1.165) is 32.4 Å². The van der Waals surface area contributed by atoms with Crippen LogP contribution in [0.25, 0.3) is 0 Å². The van der Waals surface area contributed by atoms with E-state index < -0.39 is 0 Å². The van der Waals surface area contributed by atoms with Gasteiger partial charge < -0.3 is 10.2 Å². The van der Waals surface area contributed by atoms with Crippen LogP contribution >= 0.6 is 11.6 Å². The third-order valence-electron chi connectivity index (χ3n) is 6.74. The van der Waals surface area contributed by atoms with Gasteiger partial charge in [-0.1, -0.05) is 60.8 Å². The maximum Gasteiger partial charge on any atom is 0.253 e. The Bertz CT molecular complexity index is 906. The smallest absolute Gasteiger partial charge is 0.253 e. The summed E-state index contributed by atoms with van der Waals surface area (Å²) in [5.41, 5.74) is 1.86. The Morgan fingerprint density at radius 2 is 1.69 bits per heavy atom. The molecule has 2 aliphatic rings. The van der Waals surface area contributed by atoms with Crippen LogP contribution in [0.2, 0.25) is 5.02 Å². The van der Waals surface area contributed by atoms with Gasteiger partial charge in [0.15, 0.2) is 0 Å². The van der Waals surface area contributed by atoms with Gasteiger partial charge >= 0.3 is 0 Å². The quantitative estimate of drug-likeness (QED) is 0.689. The van der Waals surface area contributed by atoms with Crippen LogP contribution in [-0.4, -0.2) is 60.4 Å². The first-order valence-corrected chi connectivity index (χ1v) is 12.1. The Hall–Kier alpha value is -2.37. The summed E-state index contributed by atoms with van der Waals surface area (Å²) in [7, 11) is 0. The van der Waals surface area contributed by atoms with E-state index in [1.807, 2.05) is 35.2 Å². The zero-order valence-electron chi connectivity index (χ0n) is 18.5. The van der Waals surface area contributed by atoms with Gasteiger partial charge in [-0.2, -0.15) is 0 Å². The van der Waals surface area contributed by atoms with Crippen molar-refractivity contribution in [2.45, 2.75) is 38.1 Å². The van der Waals surface area contributed by atoms with Gasteiger partial charge in [0.1, 0.15) is 0 Å². The molecule has 5 nitrogen and oxygen atoms in total. The van der Waals surface area contributed by atoms with Crippen LogP contribution in [0.15, 0.2) is 54.6 Å². The number of carbonyl (C=O) groups excluding carboxylic acids is 2. The Kier molecular flexibility index (Phi) is 7.82.